The first kappa shape index (κ1) is 11.6. The molecule has 1 N–H and O–H groups in total. The molecule has 13 heavy (non-hydrogen) atoms. The summed E-state index contributed by atoms with van der Waals surface area (Å²) in [4.78, 5) is 32.0. The van der Waals surface area contributed by atoms with E-state index in [1.165, 1.54) is 0 Å². The van der Waals surface area contributed by atoms with Gasteiger partial charge in [-0.2, -0.15) is 0 Å². The van der Waals surface area contributed by atoms with Gasteiger partial charge in [-0.25, -0.2) is 0 Å². The highest BCUT2D eigenvalue weighted by Gasteiger charge is 2.26. The Bertz CT molecular complexity index is 207. The zero-order chi connectivity index (χ0) is 10.4. The zero-order valence-corrected chi connectivity index (χ0v) is 7.57. The minimum absolute atomic E-state index is 0.184. The van der Waals surface area contributed by atoms with E-state index in [2.05, 4.69) is 4.74 Å². The third kappa shape index (κ3) is 4.25. The first-order valence-electron chi connectivity index (χ1n) is 3.88. The van der Waals surface area contributed by atoms with Crippen LogP contribution in [0, 0.1) is 5.92 Å². The van der Waals surface area contributed by atoms with Crippen molar-refractivity contribution in [3.05, 3.63) is 0 Å². The summed E-state index contributed by atoms with van der Waals surface area (Å²) in [5.74, 6) is -3.77. The molecular weight excluding hydrogens is 176 g/mol. The molecule has 0 heterocycles. The molecule has 0 aromatic carbocycles. The summed E-state index contributed by atoms with van der Waals surface area (Å²) in [5, 5.41) is 8.53. The van der Waals surface area contributed by atoms with Crippen LogP contribution in [0.2, 0.25) is 0 Å². The minimum atomic E-state index is -1.29. The number of carbonyl (C=O) groups excluding carboxylic acids is 2. The lowest BCUT2D eigenvalue weighted by molar-refractivity contribution is -0.154. The Hall–Kier alpha value is -1.39. The summed E-state index contributed by atoms with van der Waals surface area (Å²) in [6.07, 6.45) is -0.390. The Kier molecular flexibility index (Phi) is 4.72. The van der Waals surface area contributed by atoms with Crippen LogP contribution in [0.4, 0.5) is 0 Å². The second kappa shape index (κ2) is 5.29. The highest BCUT2D eigenvalue weighted by Crippen LogP contribution is 2.06. The average molecular weight is 188 g/mol. The van der Waals surface area contributed by atoms with E-state index in [4.69, 9.17) is 5.11 Å². The molecule has 0 bridgehead atoms. The van der Waals surface area contributed by atoms with E-state index < -0.39 is 30.1 Å². The molecule has 0 aliphatic carbocycles. The van der Waals surface area contributed by atoms with Gasteiger partial charge in [-0.15, -0.1) is 0 Å². The molecule has 0 amide bonds. The summed E-state index contributed by atoms with van der Waals surface area (Å²) in [6, 6.07) is 0. The second-order valence-corrected chi connectivity index (χ2v) is 2.51. The van der Waals surface area contributed by atoms with Gasteiger partial charge in [0.2, 0.25) is 0 Å². The van der Waals surface area contributed by atoms with Crippen molar-refractivity contribution in [3.8, 4) is 0 Å². The Morgan fingerprint density at radius 3 is 2.23 bits per heavy atom. The molecule has 0 spiro atoms. The number of rotatable bonds is 5. The van der Waals surface area contributed by atoms with Gasteiger partial charge in [-0.1, -0.05) is 0 Å². The van der Waals surface area contributed by atoms with Crippen molar-refractivity contribution >= 4 is 17.7 Å². The predicted molar refractivity (Wildman–Crippen MR) is 43.1 cm³/mol. The molecule has 0 aliphatic rings. The number of ether oxygens (including phenoxy) is 1. The highest BCUT2D eigenvalue weighted by molar-refractivity contribution is 5.99. The molecule has 0 aromatic heterocycles. The molecule has 5 heteroatoms. The third-order valence-corrected chi connectivity index (χ3v) is 1.46. The van der Waals surface area contributed by atoms with Crippen molar-refractivity contribution in [2.45, 2.75) is 20.3 Å². The van der Waals surface area contributed by atoms with Crippen molar-refractivity contribution in [1.29, 1.82) is 0 Å². The summed E-state index contributed by atoms with van der Waals surface area (Å²) >= 11 is 0. The number of carboxylic acids is 1. The summed E-state index contributed by atoms with van der Waals surface area (Å²) in [6.45, 7) is 2.93. The number of Topliss-reactive ketones (excluding diaryl/α,β-unsaturated/α-hetero) is 1. The van der Waals surface area contributed by atoms with Crippen molar-refractivity contribution < 1.29 is 24.2 Å². The van der Waals surface area contributed by atoms with Crippen molar-refractivity contribution in [2.75, 3.05) is 6.61 Å². The molecule has 0 rings (SSSR count). The molecule has 0 radical (unpaired) electrons. The largest absolute Gasteiger partial charge is 0.481 e. The topological polar surface area (TPSA) is 80.7 Å². The van der Waals surface area contributed by atoms with Gasteiger partial charge in [0.05, 0.1) is 13.0 Å². The first-order chi connectivity index (χ1) is 5.99. The molecule has 0 aromatic rings. The van der Waals surface area contributed by atoms with Crippen LogP contribution in [-0.2, 0) is 19.1 Å². The lowest BCUT2D eigenvalue weighted by Crippen LogP contribution is -2.25. The number of carbonyl (C=O) groups is 3. The molecule has 1 atom stereocenters. The molecule has 0 fully saturated rings. The maximum Gasteiger partial charge on any atom is 0.314 e. The van der Waals surface area contributed by atoms with Crippen LogP contribution >= 0.6 is 0 Å². The summed E-state index contributed by atoms with van der Waals surface area (Å²) in [7, 11) is 0. The zero-order valence-electron chi connectivity index (χ0n) is 7.57. The minimum Gasteiger partial charge on any atom is -0.481 e. The Morgan fingerprint density at radius 2 is 1.92 bits per heavy atom. The highest BCUT2D eigenvalue weighted by atomic mass is 16.5. The number of hydrogen-bond donors (Lipinski definition) is 1. The van der Waals surface area contributed by atoms with Crippen molar-refractivity contribution in [1.82, 2.24) is 0 Å². The third-order valence-electron chi connectivity index (χ3n) is 1.46. The van der Waals surface area contributed by atoms with E-state index in [0.29, 0.717) is 0 Å². The van der Waals surface area contributed by atoms with E-state index >= 15 is 0 Å². The van der Waals surface area contributed by atoms with E-state index in [9.17, 15) is 14.4 Å². The van der Waals surface area contributed by atoms with Crippen LogP contribution in [-0.4, -0.2) is 29.4 Å². The van der Waals surface area contributed by atoms with Gasteiger partial charge in [0, 0.05) is 0 Å². The molecule has 1 unspecified atom stereocenters. The standard InChI is InChI=1S/C8H12O5/c1-3-13-7(10)4-6(5(2)9)8(11)12/h6H,3-4H2,1-2H3,(H,11,12). The van der Waals surface area contributed by atoms with Crippen LogP contribution < -0.4 is 0 Å². The fraction of sp³-hybridized carbons (Fsp3) is 0.625. The van der Waals surface area contributed by atoms with Gasteiger partial charge in [-0.3, -0.25) is 14.4 Å². The van der Waals surface area contributed by atoms with Gasteiger partial charge in [0.15, 0.2) is 0 Å². The molecule has 5 nitrogen and oxygen atoms in total. The van der Waals surface area contributed by atoms with Crippen LogP contribution in [0.1, 0.15) is 20.3 Å². The van der Waals surface area contributed by atoms with Crippen LogP contribution in [0.3, 0.4) is 0 Å². The number of carboxylic acid groups (broad SMARTS) is 1. The maximum atomic E-state index is 10.8. The quantitative estimate of drug-likeness (QED) is 0.493. The van der Waals surface area contributed by atoms with Crippen LogP contribution in [0.25, 0.3) is 0 Å². The van der Waals surface area contributed by atoms with Crippen LogP contribution in [0.5, 0.6) is 0 Å². The van der Waals surface area contributed by atoms with E-state index in [1.807, 2.05) is 0 Å². The lowest BCUT2D eigenvalue weighted by atomic mass is 10.0. The van der Waals surface area contributed by atoms with E-state index in [1.54, 1.807) is 6.92 Å². The second-order valence-electron chi connectivity index (χ2n) is 2.51. The van der Waals surface area contributed by atoms with Crippen LogP contribution in [0.15, 0.2) is 0 Å². The fourth-order valence-corrected chi connectivity index (χ4v) is 0.792. The molecule has 0 saturated heterocycles. The summed E-state index contributed by atoms with van der Waals surface area (Å²) in [5.41, 5.74) is 0. The van der Waals surface area contributed by atoms with Crippen molar-refractivity contribution in [2.24, 2.45) is 5.92 Å². The number of ketones is 1. The van der Waals surface area contributed by atoms with E-state index in [0.717, 1.165) is 6.92 Å². The molecule has 0 saturated carbocycles. The van der Waals surface area contributed by atoms with E-state index in [-0.39, 0.29) is 6.61 Å². The SMILES string of the molecule is CCOC(=O)CC(C(C)=O)C(=O)O. The first-order valence-corrected chi connectivity index (χ1v) is 3.88. The Labute approximate surface area is 75.7 Å². The van der Waals surface area contributed by atoms with Crippen molar-refractivity contribution in [3.63, 3.8) is 0 Å². The number of hydrogen-bond acceptors (Lipinski definition) is 4. The molecule has 74 valence electrons. The number of aliphatic carboxylic acids is 1. The maximum absolute atomic E-state index is 10.8. The predicted octanol–water partition coefficient (Wildman–Crippen LogP) is 0.229. The van der Waals surface area contributed by atoms with Gasteiger partial charge in [0.25, 0.3) is 0 Å². The van der Waals surface area contributed by atoms with Gasteiger partial charge in [-0.05, 0) is 13.8 Å². The average Bonchev–Trinajstić information content (AvgIpc) is 1.99. The molecular formula is C8H12O5. The lowest BCUT2D eigenvalue weighted by Gasteiger charge is -2.07. The smallest absolute Gasteiger partial charge is 0.314 e. The van der Waals surface area contributed by atoms with Gasteiger partial charge in [0.1, 0.15) is 11.7 Å². The van der Waals surface area contributed by atoms with Gasteiger partial charge >= 0.3 is 11.9 Å². The Balaban J connectivity index is 4.19. The normalized spacial score (nSPS) is 11.8. The fourth-order valence-electron chi connectivity index (χ4n) is 0.792. The van der Waals surface area contributed by atoms with Gasteiger partial charge < -0.3 is 9.84 Å². The molecule has 0 aliphatic heterocycles. The number of esters is 1. The monoisotopic (exact) mass is 188 g/mol. The summed E-state index contributed by atoms with van der Waals surface area (Å²) < 4.78 is 4.52. The Morgan fingerprint density at radius 1 is 1.38 bits per heavy atom.